The first-order chi connectivity index (χ1) is 13.7. The van der Waals surface area contributed by atoms with E-state index in [0.29, 0.717) is 5.82 Å². The Balaban J connectivity index is 1.57. The number of hydrogen-bond donors (Lipinski definition) is 2. The number of benzene rings is 1. The summed E-state index contributed by atoms with van der Waals surface area (Å²) in [6.07, 6.45) is 7.25. The highest BCUT2D eigenvalue weighted by molar-refractivity contribution is 5.88. The zero-order chi connectivity index (χ0) is 19.1. The predicted molar refractivity (Wildman–Crippen MR) is 110 cm³/mol. The first-order valence-electron chi connectivity index (χ1n) is 9.13. The smallest absolute Gasteiger partial charge is 0.164 e. The molecule has 4 heterocycles. The van der Waals surface area contributed by atoms with Crippen molar-refractivity contribution in [3.8, 4) is 11.4 Å². The van der Waals surface area contributed by atoms with Gasteiger partial charge in [0.2, 0.25) is 0 Å². The molecular weight excluding hydrogens is 350 g/mol. The minimum absolute atomic E-state index is 0.0721. The maximum atomic E-state index is 4.79. The van der Waals surface area contributed by atoms with E-state index in [4.69, 9.17) is 9.97 Å². The van der Waals surface area contributed by atoms with Gasteiger partial charge in [-0.1, -0.05) is 6.07 Å². The lowest BCUT2D eigenvalue weighted by molar-refractivity contribution is 0.785. The summed E-state index contributed by atoms with van der Waals surface area (Å²) in [4.78, 5) is 16.8. The van der Waals surface area contributed by atoms with Crippen LogP contribution in [0.3, 0.4) is 0 Å². The molecule has 7 heteroatoms. The van der Waals surface area contributed by atoms with E-state index in [9.17, 15) is 0 Å². The summed E-state index contributed by atoms with van der Waals surface area (Å²) < 4.78 is 1.77. The molecule has 5 rings (SSSR count). The molecule has 1 atom stereocenters. The fourth-order valence-electron chi connectivity index (χ4n) is 3.39. The highest BCUT2D eigenvalue weighted by atomic mass is 15.3. The molecule has 0 aliphatic rings. The molecule has 4 aromatic heterocycles. The number of hydrogen-bond acceptors (Lipinski definition) is 5. The maximum absolute atomic E-state index is 4.79. The molecule has 1 aromatic carbocycles. The van der Waals surface area contributed by atoms with Crippen LogP contribution in [0.4, 0.5) is 5.82 Å². The normalized spacial score (nSPS) is 12.5. The summed E-state index contributed by atoms with van der Waals surface area (Å²) in [6, 6.07) is 12.4. The molecule has 0 saturated carbocycles. The zero-order valence-corrected chi connectivity index (χ0v) is 15.6. The Bertz CT molecular complexity index is 1270. The number of rotatable bonds is 4. The summed E-state index contributed by atoms with van der Waals surface area (Å²) >= 11 is 0. The molecule has 7 nitrogen and oxygen atoms in total. The maximum Gasteiger partial charge on any atom is 0.164 e. The number of H-pyrrole nitrogens is 1. The molecule has 0 amide bonds. The summed E-state index contributed by atoms with van der Waals surface area (Å²) in [5, 5.41) is 10.0. The first-order valence-corrected chi connectivity index (χ1v) is 9.13. The van der Waals surface area contributed by atoms with E-state index in [2.05, 4.69) is 51.6 Å². The van der Waals surface area contributed by atoms with Crippen LogP contribution in [0.2, 0.25) is 0 Å². The Labute approximate surface area is 161 Å². The number of aryl methyl sites for hydroxylation is 1. The number of aromatic amines is 1. The SMILES string of the molecule is C[C@@H](Nc1nc(-c2ccncc2)nc2c1cnn2C)c1ccc2[nH]ccc2c1. The second-order valence-corrected chi connectivity index (χ2v) is 6.83. The van der Waals surface area contributed by atoms with Crippen molar-refractivity contribution in [3.05, 3.63) is 66.7 Å². The molecular formula is C21H19N7. The molecule has 0 saturated heterocycles. The predicted octanol–water partition coefficient (Wildman–Crippen LogP) is 4.08. The summed E-state index contributed by atoms with van der Waals surface area (Å²) in [6.45, 7) is 2.13. The third-order valence-corrected chi connectivity index (χ3v) is 4.96. The Morgan fingerprint density at radius 2 is 1.93 bits per heavy atom. The standard InChI is InChI=1S/C21H19N7/c1-13(15-3-4-18-16(11-15)7-10-23-18)25-20-17-12-24-28(2)21(17)27-19(26-20)14-5-8-22-9-6-14/h3-13,23H,1-2H3,(H,25,26,27)/t13-/m1/s1. The second-order valence-electron chi connectivity index (χ2n) is 6.83. The van der Waals surface area contributed by atoms with Crippen LogP contribution in [0.1, 0.15) is 18.5 Å². The Morgan fingerprint density at radius 3 is 2.79 bits per heavy atom. The first kappa shape index (κ1) is 16.4. The van der Waals surface area contributed by atoms with Crippen molar-refractivity contribution >= 4 is 27.8 Å². The van der Waals surface area contributed by atoms with E-state index >= 15 is 0 Å². The van der Waals surface area contributed by atoms with E-state index in [1.807, 2.05) is 25.4 Å². The van der Waals surface area contributed by atoms with Crippen molar-refractivity contribution in [2.24, 2.45) is 7.05 Å². The average Bonchev–Trinajstić information content (AvgIpc) is 3.35. The molecule has 0 bridgehead atoms. The Kier molecular flexibility index (Phi) is 3.79. The summed E-state index contributed by atoms with van der Waals surface area (Å²) in [5.74, 6) is 1.42. The lowest BCUT2D eigenvalue weighted by atomic mass is 10.1. The Hall–Kier alpha value is -3.74. The zero-order valence-electron chi connectivity index (χ0n) is 15.6. The summed E-state index contributed by atoms with van der Waals surface area (Å²) in [7, 11) is 1.89. The van der Waals surface area contributed by atoms with E-state index < -0.39 is 0 Å². The van der Waals surface area contributed by atoms with Gasteiger partial charge in [0.1, 0.15) is 5.82 Å². The molecule has 0 aliphatic carbocycles. The number of anilines is 1. The van der Waals surface area contributed by atoms with Gasteiger partial charge in [-0.3, -0.25) is 9.67 Å². The lowest BCUT2D eigenvalue weighted by Crippen LogP contribution is -2.09. The average molecular weight is 369 g/mol. The van der Waals surface area contributed by atoms with Gasteiger partial charge in [0.15, 0.2) is 11.5 Å². The molecule has 28 heavy (non-hydrogen) atoms. The van der Waals surface area contributed by atoms with E-state index in [1.54, 1.807) is 23.3 Å². The van der Waals surface area contributed by atoms with Crippen molar-refractivity contribution in [1.29, 1.82) is 0 Å². The third kappa shape index (κ3) is 2.77. The highest BCUT2D eigenvalue weighted by Crippen LogP contribution is 2.28. The Morgan fingerprint density at radius 1 is 1.07 bits per heavy atom. The van der Waals surface area contributed by atoms with Crippen molar-refractivity contribution in [3.63, 3.8) is 0 Å². The van der Waals surface area contributed by atoms with Gasteiger partial charge in [-0.25, -0.2) is 9.97 Å². The highest BCUT2D eigenvalue weighted by Gasteiger charge is 2.15. The lowest BCUT2D eigenvalue weighted by Gasteiger charge is -2.16. The van der Waals surface area contributed by atoms with Crippen molar-refractivity contribution in [2.45, 2.75) is 13.0 Å². The van der Waals surface area contributed by atoms with Crippen LogP contribution < -0.4 is 5.32 Å². The number of aromatic nitrogens is 6. The van der Waals surface area contributed by atoms with E-state index in [0.717, 1.165) is 27.9 Å². The number of fused-ring (bicyclic) bond motifs is 2. The quantitative estimate of drug-likeness (QED) is 0.499. The fourth-order valence-corrected chi connectivity index (χ4v) is 3.39. The molecule has 2 N–H and O–H groups in total. The topological polar surface area (TPSA) is 84.3 Å². The molecule has 5 aromatic rings. The number of pyridine rings is 1. The van der Waals surface area contributed by atoms with Gasteiger partial charge in [0, 0.05) is 42.8 Å². The van der Waals surface area contributed by atoms with Crippen LogP contribution in [0, 0.1) is 0 Å². The molecule has 0 spiro atoms. The monoisotopic (exact) mass is 369 g/mol. The van der Waals surface area contributed by atoms with E-state index in [-0.39, 0.29) is 6.04 Å². The third-order valence-electron chi connectivity index (χ3n) is 4.96. The largest absolute Gasteiger partial charge is 0.363 e. The van der Waals surface area contributed by atoms with Crippen LogP contribution in [0.5, 0.6) is 0 Å². The van der Waals surface area contributed by atoms with Crippen LogP contribution in [0.15, 0.2) is 61.2 Å². The minimum Gasteiger partial charge on any atom is -0.363 e. The van der Waals surface area contributed by atoms with Crippen molar-refractivity contribution < 1.29 is 0 Å². The second kappa shape index (κ2) is 6.45. The van der Waals surface area contributed by atoms with Gasteiger partial charge in [0.05, 0.1) is 11.6 Å². The van der Waals surface area contributed by atoms with Gasteiger partial charge in [-0.2, -0.15) is 5.10 Å². The summed E-state index contributed by atoms with van der Waals surface area (Å²) in [5.41, 5.74) is 4.03. The molecule has 0 radical (unpaired) electrons. The number of nitrogens with zero attached hydrogens (tertiary/aromatic N) is 5. The van der Waals surface area contributed by atoms with Crippen molar-refractivity contribution in [1.82, 2.24) is 29.7 Å². The van der Waals surface area contributed by atoms with Gasteiger partial charge in [-0.05, 0) is 48.2 Å². The van der Waals surface area contributed by atoms with Crippen LogP contribution in [-0.2, 0) is 7.05 Å². The molecule has 138 valence electrons. The van der Waals surface area contributed by atoms with Gasteiger partial charge < -0.3 is 10.3 Å². The van der Waals surface area contributed by atoms with E-state index in [1.165, 1.54) is 10.9 Å². The van der Waals surface area contributed by atoms with Crippen molar-refractivity contribution in [2.75, 3.05) is 5.32 Å². The van der Waals surface area contributed by atoms with Gasteiger partial charge in [0.25, 0.3) is 0 Å². The molecule has 0 unspecified atom stereocenters. The molecule has 0 fully saturated rings. The van der Waals surface area contributed by atoms with Gasteiger partial charge in [-0.15, -0.1) is 0 Å². The molecule has 0 aliphatic heterocycles. The minimum atomic E-state index is 0.0721. The van der Waals surface area contributed by atoms with Crippen LogP contribution in [-0.4, -0.2) is 29.7 Å². The van der Waals surface area contributed by atoms with Crippen LogP contribution >= 0.6 is 0 Å². The van der Waals surface area contributed by atoms with Crippen LogP contribution in [0.25, 0.3) is 33.3 Å². The van der Waals surface area contributed by atoms with Gasteiger partial charge >= 0.3 is 0 Å². The fraction of sp³-hybridized carbons (Fsp3) is 0.143. The number of nitrogens with one attached hydrogen (secondary N) is 2.